The van der Waals surface area contributed by atoms with Crippen molar-refractivity contribution in [2.45, 2.75) is 57.2 Å². The van der Waals surface area contributed by atoms with Crippen LogP contribution in [-0.2, 0) is 10.5 Å². The number of aromatic nitrogens is 2. The van der Waals surface area contributed by atoms with Gasteiger partial charge in [-0.3, -0.25) is 0 Å². The number of rotatable bonds is 11. The first-order chi connectivity index (χ1) is 20.6. The summed E-state index contributed by atoms with van der Waals surface area (Å²) in [7, 11) is 3.01. The molecule has 0 amide bonds. The molecule has 3 N–H and O–H groups in total. The molecule has 1 saturated carbocycles. The Kier molecular flexibility index (Phi) is 8.48. The number of fused-ring (bicyclic) bond motifs is 1. The van der Waals surface area contributed by atoms with Gasteiger partial charge in [0.1, 0.15) is 11.4 Å². The van der Waals surface area contributed by atoms with Gasteiger partial charge in [0.05, 0.1) is 44.0 Å². The molecule has 230 valence electrons. The van der Waals surface area contributed by atoms with Crippen LogP contribution in [0.4, 0.5) is 20.2 Å². The van der Waals surface area contributed by atoms with Crippen LogP contribution in [0.5, 0.6) is 23.4 Å². The van der Waals surface area contributed by atoms with Crippen LogP contribution in [0.1, 0.15) is 51.5 Å². The molecule has 3 aromatic rings. The second kappa shape index (κ2) is 12.1. The molecule has 2 aromatic heterocycles. The molecule has 0 bridgehead atoms. The van der Waals surface area contributed by atoms with E-state index in [2.05, 4.69) is 20.6 Å². The molecule has 5 rings (SSSR count). The fourth-order valence-corrected chi connectivity index (χ4v) is 5.90. The summed E-state index contributed by atoms with van der Waals surface area (Å²) < 4.78 is 51.7. The van der Waals surface area contributed by atoms with Crippen LogP contribution < -0.4 is 29.6 Å². The highest BCUT2D eigenvalue weighted by molar-refractivity contribution is 5.78. The summed E-state index contributed by atoms with van der Waals surface area (Å²) in [6.07, 6.45) is 6.46. The van der Waals surface area contributed by atoms with Gasteiger partial charge in [-0.15, -0.1) is 0 Å². The van der Waals surface area contributed by atoms with E-state index in [0.717, 1.165) is 44.2 Å². The number of nitrogens with zero attached hydrogens (tertiary/aromatic N) is 2. The third kappa shape index (κ3) is 6.09. The fraction of sp³-hybridized carbons (Fsp3) is 0.452. The van der Waals surface area contributed by atoms with E-state index in [1.54, 1.807) is 18.2 Å². The number of ether oxygens (including phenoxy) is 4. The van der Waals surface area contributed by atoms with E-state index in [-0.39, 0.29) is 30.1 Å². The van der Waals surface area contributed by atoms with Crippen molar-refractivity contribution >= 4 is 17.3 Å². The zero-order valence-corrected chi connectivity index (χ0v) is 24.6. The molecule has 0 radical (unpaired) electrons. The predicted octanol–water partition coefficient (Wildman–Crippen LogP) is 5.98. The monoisotopic (exact) mass is 598 g/mol. The van der Waals surface area contributed by atoms with Gasteiger partial charge in [0, 0.05) is 30.2 Å². The van der Waals surface area contributed by atoms with Crippen LogP contribution in [0.25, 0.3) is 0 Å². The summed E-state index contributed by atoms with van der Waals surface area (Å²) in [6.45, 7) is 3.08. The first kappa shape index (κ1) is 30.1. The van der Waals surface area contributed by atoms with Gasteiger partial charge in [-0.05, 0) is 44.7 Å². The van der Waals surface area contributed by atoms with Crippen molar-refractivity contribution in [2.24, 2.45) is 11.8 Å². The number of hydrogen-bond donors (Lipinski definition) is 3. The predicted molar refractivity (Wildman–Crippen MR) is 155 cm³/mol. The van der Waals surface area contributed by atoms with Gasteiger partial charge in [0.2, 0.25) is 17.6 Å². The van der Waals surface area contributed by atoms with Gasteiger partial charge < -0.3 is 34.7 Å². The lowest BCUT2D eigenvalue weighted by molar-refractivity contribution is -0.152. The first-order valence-corrected chi connectivity index (χ1v) is 14.2. The lowest BCUT2D eigenvalue weighted by atomic mass is 9.72. The summed E-state index contributed by atoms with van der Waals surface area (Å²) in [5.74, 6) is -1.94. The van der Waals surface area contributed by atoms with E-state index >= 15 is 0 Å². The third-order valence-electron chi connectivity index (χ3n) is 8.17. The number of carbonyl (C=O) groups is 1. The molecule has 0 saturated heterocycles. The van der Waals surface area contributed by atoms with Gasteiger partial charge in [0.15, 0.2) is 17.2 Å². The standard InChI is InChI=1S/C31H36F2N4O6/c1-30(2,29(38)39)43-19-10-12-26(34-16-19)42-17-21(18-8-6-5-7-9-18)31(20-11-13-27(40-3)35-28(20)41-4)36-24-14-22(32)23(33)15-25(24)37-31/h10-16,18,21,36-37H,5-9,17H2,1-4H3,(H,38,39). The van der Waals surface area contributed by atoms with Crippen molar-refractivity contribution in [1.29, 1.82) is 0 Å². The zero-order valence-electron chi connectivity index (χ0n) is 24.6. The van der Waals surface area contributed by atoms with Gasteiger partial charge in [0.25, 0.3) is 0 Å². The smallest absolute Gasteiger partial charge is 0.347 e. The number of carboxylic acid groups (broad SMARTS) is 1. The zero-order chi connectivity index (χ0) is 30.8. The molecular weight excluding hydrogens is 562 g/mol. The molecule has 3 heterocycles. The molecule has 1 aliphatic carbocycles. The highest BCUT2D eigenvalue weighted by atomic mass is 19.2. The third-order valence-corrected chi connectivity index (χ3v) is 8.17. The average Bonchev–Trinajstić information content (AvgIpc) is 3.36. The maximum atomic E-state index is 14.4. The maximum Gasteiger partial charge on any atom is 0.347 e. The number of pyridine rings is 2. The topological polar surface area (TPSA) is 124 Å². The molecule has 1 aliphatic heterocycles. The van der Waals surface area contributed by atoms with Crippen LogP contribution in [0, 0.1) is 23.5 Å². The molecule has 1 fully saturated rings. The molecule has 1 atom stereocenters. The Labute approximate surface area is 248 Å². The SMILES string of the molecule is COc1ccc(C2(C(COc3ccc(OC(C)(C)C(=O)O)cn3)C3CCCCC3)Nc3cc(F)c(F)cc3N2)c(OC)n1. The average molecular weight is 599 g/mol. The van der Waals surface area contributed by atoms with E-state index in [4.69, 9.17) is 18.9 Å². The molecule has 10 nitrogen and oxygen atoms in total. The van der Waals surface area contributed by atoms with Crippen molar-refractivity contribution in [3.05, 3.63) is 59.8 Å². The fourth-order valence-electron chi connectivity index (χ4n) is 5.90. The second-order valence-electron chi connectivity index (χ2n) is 11.3. The summed E-state index contributed by atoms with van der Waals surface area (Å²) >= 11 is 0. The Morgan fingerprint density at radius 1 is 1.02 bits per heavy atom. The van der Waals surface area contributed by atoms with Gasteiger partial charge >= 0.3 is 5.97 Å². The van der Waals surface area contributed by atoms with E-state index < -0.39 is 28.9 Å². The van der Waals surface area contributed by atoms with E-state index in [1.165, 1.54) is 34.3 Å². The summed E-state index contributed by atoms with van der Waals surface area (Å²) in [5, 5.41) is 16.3. The molecule has 0 spiro atoms. The number of carboxylic acids is 1. The molecule has 1 unspecified atom stereocenters. The van der Waals surface area contributed by atoms with Crippen LogP contribution in [0.15, 0.2) is 42.6 Å². The van der Waals surface area contributed by atoms with E-state index in [9.17, 15) is 18.7 Å². The number of halogens is 2. The van der Waals surface area contributed by atoms with Crippen LogP contribution in [-0.4, -0.2) is 47.5 Å². The van der Waals surface area contributed by atoms with Gasteiger partial charge in [-0.1, -0.05) is 19.3 Å². The molecule has 1 aromatic carbocycles. The molecule has 2 aliphatic rings. The summed E-state index contributed by atoms with van der Waals surface area (Å²) in [4.78, 5) is 20.3. The first-order valence-electron chi connectivity index (χ1n) is 14.2. The number of aliphatic carboxylic acids is 1. The van der Waals surface area contributed by atoms with Gasteiger partial charge in [-0.25, -0.2) is 18.6 Å². The lowest BCUT2D eigenvalue weighted by Gasteiger charge is -2.44. The Bertz CT molecular complexity index is 1430. The number of methoxy groups -OCH3 is 2. The van der Waals surface area contributed by atoms with Crippen LogP contribution in [0.3, 0.4) is 0 Å². The van der Waals surface area contributed by atoms with Crippen molar-refractivity contribution in [2.75, 3.05) is 31.5 Å². The summed E-state index contributed by atoms with van der Waals surface area (Å²) in [5.41, 5.74) is -1.12. The summed E-state index contributed by atoms with van der Waals surface area (Å²) in [6, 6.07) is 9.03. The number of nitrogens with one attached hydrogen (secondary N) is 2. The van der Waals surface area contributed by atoms with Gasteiger partial charge in [-0.2, -0.15) is 4.98 Å². The Morgan fingerprint density at radius 3 is 2.23 bits per heavy atom. The van der Waals surface area contributed by atoms with Crippen molar-refractivity contribution < 1.29 is 37.6 Å². The second-order valence-corrected chi connectivity index (χ2v) is 11.3. The normalized spacial score (nSPS) is 16.8. The largest absolute Gasteiger partial charge is 0.481 e. The lowest BCUT2D eigenvalue weighted by Crippen LogP contribution is -2.52. The van der Waals surface area contributed by atoms with E-state index in [0.29, 0.717) is 28.7 Å². The molecular formula is C31H36F2N4O6. The van der Waals surface area contributed by atoms with Crippen molar-refractivity contribution in [3.63, 3.8) is 0 Å². The van der Waals surface area contributed by atoms with Crippen LogP contribution in [0.2, 0.25) is 0 Å². The number of hydrogen-bond acceptors (Lipinski definition) is 9. The number of benzene rings is 1. The van der Waals surface area contributed by atoms with Crippen LogP contribution >= 0.6 is 0 Å². The highest BCUT2D eigenvalue weighted by Crippen LogP contribution is 2.51. The van der Waals surface area contributed by atoms with Crippen molar-refractivity contribution in [1.82, 2.24) is 9.97 Å². The molecule has 12 heteroatoms. The van der Waals surface area contributed by atoms with Crippen molar-refractivity contribution in [3.8, 4) is 23.4 Å². The quantitative estimate of drug-likeness (QED) is 0.243. The minimum absolute atomic E-state index is 0.156. The Hall–Kier alpha value is -4.35. The minimum atomic E-state index is -1.43. The maximum absolute atomic E-state index is 14.4. The van der Waals surface area contributed by atoms with E-state index in [1.807, 2.05) is 6.07 Å². The minimum Gasteiger partial charge on any atom is -0.481 e. The number of anilines is 2. The Morgan fingerprint density at radius 2 is 1.67 bits per heavy atom. The molecule has 43 heavy (non-hydrogen) atoms. The highest BCUT2D eigenvalue weighted by Gasteiger charge is 2.51. The Balaban J connectivity index is 1.53.